The summed E-state index contributed by atoms with van der Waals surface area (Å²) in [6.07, 6.45) is 3.79. The molecule has 0 N–H and O–H groups in total. The second-order valence-electron chi connectivity index (χ2n) is 3.99. The fraction of sp³-hybridized carbons (Fsp3) is 0.214. The summed E-state index contributed by atoms with van der Waals surface area (Å²) < 4.78 is 5.55. The minimum absolute atomic E-state index is 0.945. The van der Waals surface area contributed by atoms with Crippen molar-refractivity contribution in [2.45, 2.75) is 19.8 Å². The van der Waals surface area contributed by atoms with Gasteiger partial charge in [0.1, 0.15) is 11.5 Å². The third-order valence-corrected chi connectivity index (χ3v) is 2.87. The Morgan fingerprint density at radius 3 is 2.94 bits per heavy atom. The van der Waals surface area contributed by atoms with Crippen LogP contribution in [0.25, 0.3) is 22.2 Å². The van der Waals surface area contributed by atoms with E-state index in [1.54, 1.807) is 6.26 Å². The van der Waals surface area contributed by atoms with E-state index in [-0.39, 0.29) is 0 Å². The highest BCUT2D eigenvalue weighted by Gasteiger charge is 2.15. The number of hydrogen-bond donors (Lipinski definition) is 0. The van der Waals surface area contributed by atoms with Gasteiger partial charge < -0.3 is 4.42 Å². The number of rotatable bonds is 2. The van der Waals surface area contributed by atoms with E-state index in [2.05, 4.69) is 18.0 Å². The van der Waals surface area contributed by atoms with Gasteiger partial charge in [-0.05, 0) is 18.6 Å². The number of aromatic nitrogens is 1. The lowest BCUT2D eigenvalue weighted by atomic mass is 10.1. The highest BCUT2D eigenvalue weighted by molar-refractivity contribution is 5.97. The van der Waals surface area contributed by atoms with Crippen molar-refractivity contribution in [2.24, 2.45) is 0 Å². The Hall–Kier alpha value is -1.83. The molecule has 2 aliphatic rings. The van der Waals surface area contributed by atoms with Crippen molar-refractivity contribution >= 4 is 10.9 Å². The zero-order chi connectivity index (χ0) is 11.0. The van der Waals surface area contributed by atoms with E-state index in [9.17, 15) is 0 Å². The summed E-state index contributed by atoms with van der Waals surface area (Å²) in [5.74, 6) is 0.996. The maximum atomic E-state index is 5.55. The smallest absolute Gasteiger partial charge is 0.129 e. The second-order valence-corrected chi connectivity index (χ2v) is 3.99. The van der Waals surface area contributed by atoms with Gasteiger partial charge in [-0.2, -0.15) is 0 Å². The van der Waals surface area contributed by atoms with Crippen LogP contribution in [-0.4, -0.2) is 4.98 Å². The number of hydrogen-bond acceptors (Lipinski definition) is 2. The molecule has 0 aliphatic carbocycles. The summed E-state index contributed by atoms with van der Waals surface area (Å²) in [5, 5.41) is 1.21. The Bertz CT molecular complexity index is 597. The topological polar surface area (TPSA) is 26.0 Å². The van der Waals surface area contributed by atoms with Crippen LogP contribution in [0.15, 0.2) is 41.0 Å². The van der Waals surface area contributed by atoms with Crippen LogP contribution in [0.1, 0.15) is 19.1 Å². The Morgan fingerprint density at radius 1 is 1.19 bits per heavy atom. The molecule has 0 amide bonds. The van der Waals surface area contributed by atoms with Crippen molar-refractivity contribution in [3.8, 4) is 11.3 Å². The van der Waals surface area contributed by atoms with Crippen LogP contribution in [0.2, 0.25) is 0 Å². The number of nitrogens with zero attached hydrogens (tertiary/aromatic N) is 1. The highest BCUT2D eigenvalue weighted by Crippen LogP contribution is 2.33. The summed E-state index contributed by atoms with van der Waals surface area (Å²) in [6.45, 7) is 2.15. The molecule has 2 heterocycles. The summed E-state index contributed by atoms with van der Waals surface area (Å²) in [5.41, 5.74) is 3.27. The van der Waals surface area contributed by atoms with Crippen molar-refractivity contribution in [2.75, 3.05) is 0 Å². The third kappa shape index (κ3) is 1.30. The first kappa shape index (κ1) is 9.40. The summed E-state index contributed by atoms with van der Waals surface area (Å²) in [6, 6.07) is 10.2. The van der Waals surface area contributed by atoms with Crippen LogP contribution >= 0.6 is 0 Å². The molecule has 0 saturated heterocycles. The van der Waals surface area contributed by atoms with Crippen LogP contribution in [-0.2, 0) is 6.42 Å². The van der Waals surface area contributed by atoms with Crippen molar-refractivity contribution < 1.29 is 4.42 Å². The van der Waals surface area contributed by atoms with E-state index in [1.807, 2.05) is 24.3 Å². The zero-order valence-corrected chi connectivity index (χ0v) is 9.23. The quantitative estimate of drug-likeness (QED) is 0.642. The Kier molecular flexibility index (Phi) is 2.13. The maximum absolute atomic E-state index is 5.55. The van der Waals surface area contributed by atoms with Gasteiger partial charge in [0.15, 0.2) is 0 Å². The molecule has 0 radical (unpaired) electrons. The molecule has 2 heteroatoms. The molecule has 0 aromatic heterocycles. The number of benzene rings is 1. The van der Waals surface area contributed by atoms with Crippen molar-refractivity contribution in [1.82, 2.24) is 4.98 Å². The molecule has 0 saturated carbocycles. The second kappa shape index (κ2) is 3.63. The Balaban J connectivity index is 2.32. The average molecular weight is 211 g/mol. The molecule has 0 atom stereocenters. The molecule has 2 nitrogen and oxygen atoms in total. The van der Waals surface area contributed by atoms with Gasteiger partial charge in [-0.3, -0.25) is 0 Å². The molecule has 0 bridgehead atoms. The monoisotopic (exact) mass is 211 g/mol. The predicted octanol–water partition coefficient (Wildman–Crippen LogP) is 3.89. The van der Waals surface area contributed by atoms with Gasteiger partial charge in [-0.1, -0.05) is 25.1 Å². The lowest BCUT2D eigenvalue weighted by Crippen LogP contribution is -1.88. The highest BCUT2D eigenvalue weighted by atomic mass is 16.3. The molecule has 0 spiro atoms. The van der Waals surface area contributed by atoms with E-state index in [1.165, 1.54) is 10.9 Å². The number of fused-ring (bicyclic) bond motifs is 3. The molecule has 16 heavy (non-hydrogen) atoms. The van der Waals surface area contributed by atoms with Crippen LogP contribution in [0.3, 0.4) is 0 Å². The molecule has 1 aromatic carbocycles. The van der Waals surface area contributed by atoms with Gasteiger partial charge in [-0.25, -0.2) is 4.98 Å². The van der Waals surface area contributed by atoms with Crippen molar-refractivity contribution in [3.63, 3.8) is 0 Å². The van der Waals surface area contributed by atoms with Gasteiger partial charge in [-0.15, -0.1) is 0 Å². The lowest BCUT2D eigenvalue weighted by Gasteiger charge is -2.03. The van der Waals surface area contributed by atoms with Crippen molar-refractivity contribution in [1.29, 1.82) is 0 Å². The first-order valence-corrected chi connectivity index (χ1v) is 5.65. The standard InChI is InChI=1S/C14H13NO/c1-2-5-13-14-11(8-9-16-13)10-6-3-4-7-12(10)15-14/h3-4,6-9H,2,5H2,1H3. The van der Waals surface area contributed by atoms with E-state index < -0.39 is 0 Å². The summed E-state index contributed by atoms with van der Waals surface area (Å²) in [7, 11) is 0. The largest absolute Gasteiger partial charge is 0.467 e. The molecule has 0 unspecified atom stereocenters. The minimum atomic E-state index is 0.945. The lowest BCUT2D eigenvalue weighted by molar-refractivity contribution is 0.490. The summed E-state index contributed by atoms with van der Waals surface area (Å²) >= 11 is 0. The van der Waals surface area contributed by atoms with Gasteiger partial charge in [0.05, 0.1) is 11.8 Å². The molecule has 1 aromatic rings. The summed E-state index contributed by atoms with van der Waals surface area (Å²) in [4.78, 5) is 4.64. The van der Waals surface area contributed by atoms with Crippen LogP contribution in [0, 0.1) is 0 Å². The molecular formula is C14H13NO. The molecule has 0 fully saturated rings. The first-order chi connectivity index (χ1) is 7.90. The van der Waals surface area contributed by atoms with Crippen LogP contribution in [0.4, 0.5) is 0 Å². The molecule has 3 rings (SSSR count). The zero-order valence-electron chi connectivity index (χ0n) is 9.23. The van der Waals surface area contributed by atoms with E-state index in [4.69, 9.17) is 4.42 Å². The molecular weight excluding hydrogens is 198 g/mol. The molecule has 80 valence electrons. The average Bonchev–Trinajstić information content (AvgIpc) is 2.69. The third-order valence-electron chi connectivity index (χ3n) is 2.87. The van der Waals surface area contributed by atoms with Crippen LogP contribution in [0.5, 0.6) is 0 Å². The fourth-order valence-corrected chi connectivity index (χ4v) is 2.13. The van der Waals surface area contributed by atoms with E-state index >= 15 is 0 Å². The van der Waals surface area contributed by atoms with E-state index in [0.29, 0.717) is 0 Å². The SMILES string of the molecule is CCCc1occc2c3ccccc3nc1-2. The van der Waals surface area contributed by atoms with Gasteiger partial charge >= 0.3 is 0 Å². The predicted molar refractivity (Wildman–Crippen MR) is 64.6 cm³/mol. The van der Waals surface area contributed by atoms with Gasteiger partial charge in [0.2, 0.25) is 0 Å². The fourth-order valence-electron chi connectivity index (χ4n) is 2.13. The number of para-hydroxylation sites is 1. The van der Waals surface area contributed by atoms with Crippen molar-refractivity contribution in [3.05, 3.63) is 42.4 Å². The Labute approximate surface area is 94.3 Å². The normalized spacial score (nSPS) is 11.3. The van der Waals surface area contributed by atoms with E-state index in [0.717, 1.165) is 29.8 Å². The number of aryl methyl sites for hydroxylation is 1. The van der Waals surface area contributed by atoms with Gasteiger partial charge in [0.25, 0.3) is 0 Å². The minimum Gasteiger partial charge on any atom is -0.467 e. The molecule has 2 aliphatic heterocycles. The first-order valence-electron chi connectivity index (χ1n) is 5.65. The van der Waals surface area contributed by atoms with Gasteiger partial charge in [0, 0.05) is 17.4 Å². The Morgan fingerprint density at radius 2 is 2.06 bits per heavy atom. The maximum Gasteiger partial charge on any atom is 0.129 e. The van der Waals surface area contributed by atoms with Crippen LogP contribution < -0.4 is 0 Å².